The Labute approximate surface area is 149 Å². The number of aryl methyl sites for hydroxylation is 1. The lowest BCUT2D eigenvalue weighted by atomic mass is 9.93. The summed E-state index contributed by atoms with van der Waals surface area (Å²) in [6.07, 6.45) is 7.65. The molecule has 1 aromatic heterocycles. The number of nitrogens with one attached hydrogen (secondary N) is 1. The van der Waals surface area contributed by atoms with E-state index in [1.54, 1.807) is 0 Å². The summed E-state index contributed by atoms with van der Waals surface area (Å²) >= 11 is 0. The summed E-state index contributed by atoms with van der Waals surface area (Å²) in [6.45, 7) is 3.24. The Morgan fingerprint density at radius 1 is 1.00 bits per heavy atom. The first-order chi connectivity index (χ1) is 12.4. The van der Waals surface area contributed by atoms with Crippen LogP contribution < -0.4 is 5.32 Å². The lowest BCUT2D eigenvalue weighted by molar-refractivity contribution is -0.0390. The first-order valence-electron chi connectivity index (χ1n) is 9.45. The zero-order valence-electron chi connectivity index (χ0n) is 14.7. The molecule has 0 spiro atoms. The molecule has 1 aromatic carbocycles. The maximum Gasteiger partial charge on any atom is 0.108 e. The fourth-order valence-corrected chi connectivity index (χ4v) is 3.75. The lowest BCUT2D eigenvalue weighted by Gasteiger charge is -2.23. The SMILES string of the molecule is c1cc2c(o1)CCC[C@H]2NCc1ccc(COC2CCOCC2)cc1. The van der Waals surface area contributed by atoms with Crippen molar-refractivity contribution < 1.29 is 13.9 Å². The van der Waals surface area contributed by atoms with E-state index in [9.17, 15) is 0 Å². The van der Waals surface area contributed by atoms with Crippen LogP contribution in [0, 0.1) is 0 Å². The van der Waals surface area contributed by atoms with Crippen LogP contribution in [0.3, 0.4) is 0 Å². The molecule has 0 unspecified atom stereocenters. The zero-order chi connectivity index (χ0) is 16.9. The minimum absolute atomic E-state index is 0.352. The Kier molecular flexibility index (Phi) is 5.50. The molecule has 1 atom stereocenters. The molecule has 0 bridgehead atoms. The van der Waals surface area contributed by atoms with Crippen LogP contribution in [0.15, 0.2) is 41.0 Å². The highest BCUT2D eigenvalue weighted by atomic mass is 16.5. The second-order valence-corrected chi connectivity index (χ2v) is 7.06. The van der Waals surface area contributed by atoms with Gasteiger partial charge in [-0.1, -0.05) is 24.3 Å². The van der Waals surface area contributed by atoms with E-state index in [-0.39, 0.29) is 0 Å². The summed E-state index contributed by atoms with van der Waals surface area (Å²) in [7, 11) is 0. The van der Waals surface area contributed by atoms with Crippen molar-refractivity contribution in [2.24, 2.45) is 0 Å². The molecule has 4 nitrogen and oxygen atoms in total. The Morgan fingerprint density at radius 3 is 2.64 bits per heavy atom. The van der Waals surface area contributed by atoms with Gasteiger partial charge in [-0.2, -0.15) is 0 Å². The number of benzene rings is 1. The molecular formula is C21H27NO3. The predicted molar refractivity (Wildman–Crippen MR) is 96.3 cm³/mol. The fourth-order valence-electron chi connectivity index (χ4n) is 3.75. The van der Waals surface area contributed by atoms with Crippen LogP contribution in [0.25, 0.3) is 0 Å². The molecule has 4 heteroatoms. The second-order valence-electron chi connectivity index (χ2n) is 7.06. The van der Waals surface area contributed by atoms with Crippen LogP contribution in [0.2, 0.25) is 0 Å². The molecule has 1 saturated heterocycles. The molecule has 1 N–H and O–H groups in total. The predicted octanol–water partition coefficient (Wildman–Crippen LogP) is 4.14. The van der Waals surface area contributed by atoms with Crippen molar-refractivity contribution in [3.8, 4) is 0 Å². The second kappa shape index (κ2) is 8.17. The molecule has 2 heterocycles. The molecule has 1 fully saturated rings. The maximum absolute atomic E-state index is 5.99. The van der Waals surface area contributed by atoms with Crippen molar-refractivity contribution in [3.63, 3.8) is 0 Å². The summed E-state index contributed by atoms with van der Waals surface area (Å²) in [5.41, 5.74) is 3.89. The third-order valence-electron chi connectivity index (χ3n) is 5.28. The molecule has 1 aliphatic carbocycles. The Morgan fingerprint density at radius 2 is 1.80 bits per heavy atom. The van der Waals surface area contributed by atoms with Gasteiger partial charge in [0.25, 0.3) is 0 Å². The van der Waals surface area contributed by atoms with Crippen molar-refractivity contribution >= 4 is 0 Å². The minimum atomic E-state index is 0.352. The number of hydrogen-bond donors (Lipinski definition) is 1. The standard InChI is InChI=1S/C21H27NO3/c1-2-20(19-10-13-24-21(19)3-1)22-14-16-4-6-17(7-5-16)15-25-18-8-11-23-12-9-18/h4-7,10,13,18,20,22H,1-3,8-9,11-12,14-15H2/t20-/m1/s1. The summed E-state index contributed by atoms with van der Waals surface area (Å²) in [6, 6.07) is 11.3. The van der Waals surface area contributed by atoms with E-state index in [2.05, 4.69) is 35.6 Å². The summed E-state index contributed by atoms with van der Waals surface area (Å²) in [4.78, 5) is 0. The van der Waals surface area contributed by atoms with Crippen molar-refractivity contribution in [1.29, 1.82) is 0 Å². The Hall–Kier alpha value is -1.62. The molecule has 2 aromatic rings. The van der Waals surface area contributed by atoms with Gasteiger partial charge in [0.05, 0.1) is 19.0 Å². The first kappa shape index (κ1) is 16.8. The Bertz CT molecular complexity index is 658. The number of rotatable bonds is 6. The van der Waals surface area contributed by atoms with E-state index in [1.807, 2.05) is 6.26 Å². The maximum atomic E-state index is 5.99. The normalized spacial score (nSPS) is 21.2. The number of hydrogen-bond acceptors (Lipinski definition) is 4. The number of ether oxygens (including phenoxy) is 2. The average molecular weight is 341 g/mol. The van der Waals surface area contributed by atoms with Gasteiger partial charge in [0, 0.05) is 37.8 Å². The third-order valence-corrected chi connectivity index (χ3v) is 5.28. The summed E-state index contributed by atoms with van der Waals surface area (Å²) in [5, 5.41) is 3.68. The minimum Gasteiger partial charge on any atom is -0.469 e. The molecule has 25 heavy (non-hydrogen) atoms. The highest BCUT2D eigenvalue weighted by Crippen LogP contribution is 2.30. The van der Waals surface area contributed by atoms with Crippen molar-refractivity contribution in [3.05, 3.63) is 59.0 Å². The van der Waals surface area contributed by atoms with Crippen LogP contribution >= 0.6 is 0 Å². The summed E-state index contributed by atoms with van der Waals surface area (Å²) in [5.74, 6) is 1.16. The van der Waals surface area contributed by atoms with E-state index in [1.165, 1.54) is 29.5 Å². The number of fused-ring (bicyclic) bond motifs is 1. The van der Waals surface area contributed by atoms with Crippen LogP contribution in [-0.4, -0.2) is 19.3 Å². The molecule has 0 radical (unpaired) electrons. The van der Waals surface area contributed by atoms with Gasteiger partial charge < -0.3 is 19.2 Å². The monoisotopic (exact) mass is 341 g/mol. The fraction of sp³-hybridized carbons (Fsp3) is 0.524. The van der Waals surface area contributed by atoms with Gasteiger partial charge in [0.2, 0.25) is 0 Å². The van der Waals surface area contributed by atoms with Gasteiger partial charge in [-0.3, -0.25) is 0 Å². The van der Waals surface area contributed by atoms with Crippen LogP contribution in [-0.2, 0) is 29.0 Å². The smallest absolute Gasteiger partial charge is 0.108 e. The highest BCUT2D eigenvalue weighted by molar-refractivity contribution is 5.25. The van der Waals surface area contributed by atoms with E-state index in [0.29, 0.717) is 18.8 Å². The van der Waals surface area contributed by atoms with E-state index >= 15 is 0 Å². The average Bonchev–Trinajstić information content (AvgIpc) is 3.16. The molecule has 134 valence electrons. The zero-order valence-corrected chi connectivity index (χ0v) is 14.7. The molecular weight excluding hydrogens is 314 g/mol. The van der Waals surface area contributed by atoms with Gasteiger partial charge in [-0.05, 0) is 42.9 Å². The summed E-state index contributed by atoms with van der Waals surface area (Å²) < 4.78 is 16.9. The Balaban J connectivity index is 1.26. The van der Waals surface area contributed by atoms with E-state index < -0.39 is 0 Å². The molecule has 0 saturated carbocycles. The van der Waals surface area contributed by atoms with Crippen molar-refractivity contribution in [2.75, 3.05) is 13.2 Å². The van der Waals surface area contributed by atoms with Crippen LogP contribution in [0.1, 0.15) is 54.2 Å². The third kappa shape index (κ3) is 4.32. The van der Waals surface area contributed by atoms with Gasteiger partial charge in [0.1, 0.15) is 5.76 Å². The molecule has 4 rings (SSSR count). The largest absolute Gasteiger partial charge is 0.469 e. The molecule has 2 aliphatic rings. The van der Waals surface area contributed by atoms with Crippen molar-refractivity contribution in [2.45, 2.75) is 57.4 Å². The quantitative estimate of drug-likeness (QED) is 0.857. The van der Waals surface area contributed by atoms with Crippen LogP contribution in [0.5, 0.6) is 0 Å². The van der Waals surface area contributed by atoms with Gasteiger partial charge in [-0.15, -0.1) is 0 Å². The topological polar surface area (TPSA) is 43.6 Å². The molecule has 0 amide bonds. The molecule has 1 aliphatic heterocycles. The first-order valence-corrected chi connectivity index (χ1v) is 9.45. The van der Waals surface area contributed by atoms with E-state index in [0.717, 1.165) is 44.8 Å². The highest BCUT2D eigenvalue weighted by Gasteiger charge is 2.21. The van der Waals surface area contributed by atoms with E-state index in [4.69, 9.17) is 13.9 Å². The van der Waals surface area contributed by atoms with Gasteiger partial charge in [-0.25, -0.2) is 0 Å². The van der Waals surface area contributed by atoms with Gasteiger partial charge in [0.15, 0.2) is 0 Å². The number of furan rings is 1. The van der Waals surface area contributed by atoms with Crippen molar-refractivity contribution in [1.82, 2.24) is 5.32 Å². The van der Waals surface area contributed by atoms with Crippen LogP contribution in [0.4, 0.5) is 0 Å². The van der Waals surface area contributed by atoms with Gasteiger partial charge >= 0.3 is 0 Å². The lowest BCUT2D eigenvalue weighted by Crippen LogP contribution is -2.24.